The maximum atomic E-state index is 12.9. The van der Waals surface area contributed by atoms with Crippen molar-refractivity contribution in [3.05, 3.63) is 46.0 Å². The van der Waals surface area contributed by atoms with Crippen LogP contribution in [0.5, 0.6) is 0 Å². The molecule has 1 saturated heterocycles. The lowest BCUT2D eigenvalue weighted by Crippen LogP contribution is -2.39. The Morgan fingerprint density at radius 3 is 2.73 bits per heavy atom. The van der Waals surface area contributed by atoms with Crippen molar-refractivity contribution in [1.29, 1.82) is 0 Å². The van der Waals surface area contributed by atoms with Gasteiger partial charge in [0.15, 0.2) is 4.77 Å². The standard InChI is InChI=1S/C20H26N4OS/c1-3-24-18(21-22-20(24)26)14-8-10-23(11-9-14)19(25)17-12-16(17)15-7-5-4-6-13(15)2/h4-7,14,16-17H,3,8-12H2,1-2H3,(H,22,26)/t16-,17-/m0/s1. The number of piperidine rings is 1. The first-order chi connectivity index (χ1) is 12.6. The summed E-state index contributed by atoms with van der Waals surface area (Å²) in [4.78, 5) is 15.0. The second kappa shape index (κ2) is 6.99. The van der Waals surface area contributed by atoms with Crippen LogP contribution < -0.4 is 0 Å². The fourth-order valence-electron chi connectivity index (χ4n) is 4.35. The summed E-state index contributed by atoms with van der Waals surface area (Å²) in [5, 5.41) is 7.34. The van der Waals surface area contributed by atoms with Crippen LogP contribution in [0, 0.1) is 17.6 Å². The molecule has 6 heteroatoms. The van der Waals surface area contributed by atoms with Gasteiger partial charge in [-0.25, -0.2) is 0 Å². The highest BCUT2D eigenvalue weighted by molar-refractivity contribution is 7.71. The Morgan fingerprint density at radius 1 is 1.31 bits per heavy atom. The molecule has 1 aliphatic carbocycles. The van der Waals surface area contributed by atoms with Crippen molar-refractivity contribution in [2.45, 2.75) is 51.5 Å². The minimum atomic E-state index is 0.179. The zero-order chi connectivity index (χ0) is 18.3. The van der Waals surface area contributed by atoms with E-state index >= 15 is 0 Å². The molecule has 2 aliphatic rings. The van der Waals surface area contributed by atoms with Gasteiger partial charge < -0.3 is 9.47 Å². The van der Waals surface area contributed by atoms with Crippen LogP contribution in [-0.4, -0.2) is 38.7 Å². The van der Waals surface area contributed by atoms with Crippen molar-refractivity contribution in [3.63, 3.8) is 0 Å². The quantitative estimate of drug-likeness (QED) is 0.834. The van der Waals surface area contributed by atoms with Crippen LogP contribution in [-0.2, 0) is 11.3 Å². The van der Waals surface area contributed by atoms with Gasteiger partial charge in [-0.3, -0.25) is 9.89 Å². The van der Waals surface area contributed by atoms with Crippen molar-refractivity contribution in [2.24, 2.45) is 5.92 Å². The largest absolute Gasteiger partial charge is 0.342 e. The summed E-state index contributed by atoms with van der Waals surface area (Å²) >= 11 is 5.30. The van der Waals surface area contributed by atoms with Crippen LogP contribution in [0.15, 0.2) is 24.3 Å². The highest BCUT2D eigenvalue weighted by Crippen LogP contribution is 2.49. The minimum absolute atomic E-state index is 0.179. The fraction of sp³-hybridized carbons (Fsp3) is 0.550. The molecule has 2 heterocycles. The smallest absolute Gasteiger partial charge is 0.226 e. The molecule has 0 bridgehead atoms. The summed E-state index contributed by atoms with van der Waals surface area (Å²) in [6, 6.07) is 8.45. The predicted octanol–water partition coefficient (Wildman–Crippen LogP) is 3.78. The van der Waals surface area contributed by atoms with Crippen LogP contribution in [0.3, 0.4) is 0 Å². The third kappa shape index (κ3) is 3.11. The molecule has 1 saturated carbocycles. The van der Waals surface area contributed by atoms with Crippen molar-refractivity contribution >= 4 is 18.1 Å². The third-order valence-corrected chi connectivity index (χ3v) is 6.28. The number of nitrogens with zero attached hydrogens (tertiary/aromatic N) is 3. The summed E-state index contributed by atoms with van der Waals surface area (Å²) in [6.45, 7) is 6.71. The number of hydrogen-bond donors (Lipinski definition) is 1. The van der Waals surface area contributed by atoms with Crippen LogP contribution >= 0.6 is 12.2 Å². The number of aromatic amines is 1. The second-order valence-corrected chi connectivity index (χ2v) is 7.92. The predicted molar refractivity (Wildman–Crippen MR) is 104 cm³/mol. The lowest BCUT2D eigenvalue weighted by atomic mass is 9.95. The Hall–Kier alpha value is -1.95. The molecular formula is C20H26N4OS. The van der Waals surface area contributed by atoms with Crippen molar-refractivity contribution < 1.29 is 4.79 Å². The van der Waals surface area contributed by atoms with Gasteiger partial charge in [0.1, 0.15) is 5.82 Å². The van der Waals surface area contributed by atoms with Crippen LogP contribution in [0.4, 0.5) is 0 Å². The molecule has 1 aromatic carbocycles. The van der Waals surface area contributed by atoms with Crippen molar-refractivity contribution in [2.75, 3.05) is 13.1 Å². The highest BCUT2D eigenvalue weighted by atomic mass is 32.1. The Bertz CT molecular complexity index is 863. The van der Waals surface area contributed by atoms with E-state index in [1.807, 2.05) is 0 Å². The molecule has 26 heavy (non-hydrogen) atoms. The summed E-state index contributed by atoms with van der Waals surface area (Å²) in [5.41, 5.74) is 2.65. The van der Waals surface area contributed by atoms with E-state index in [1.54, 1.807) is 0 Å². The number of likely N-dealkylation sites (tertiary alicyclic amines) is 1. The van der Waals surface area contributed by atoms with Gasteiger partial charge in [0.2, 0.25) is 5.91 Å². The fourth-order valence-corrected chi connectivity index (χ4v) is 4.62. The number of aromatic nitrogens is 3. The minimum Gasteiger partial charge on any atom is -0.342 e. The molecule has 0 radical (unpaired) electrons. The van der Waals surface area contributed by atoms with Crippen LogP contribution in [0.1, 0.15) is 55.0 Å². The summed E-state index contributed by atoms with van der Waals surface area (Å²) in [7, 11) is 0. The van der Waals surface area contributed by atoms with E-state index in [4.69, 9.17) is 12.2 Å². The number of carbonyl (C=O) groups excluding carboxylic acids is 1. The van der Waals surface area contributed by atoms with E-state index < -0.39 is 0 Å². The summed E-state index contributed by atoms with van der Waals surface area (Å²) in [5.74, 6) is 2.37. The number of amides is 1. The molecule has 1 aliphatic heterocycles. The van der Waals surface area contributed by atoms with Gasteiger partial charge in [0.25, 0.3) is 0 Å². The number of hydrogen-bond acceptors (Lipinski definition) is 3. The number of nitrogens with one attached hydrogen (secondary N) is 1. The Labute approximate surface area is 159 Å². The molecule has 0 unspecified atom stereocenters. The first kappa shape index (κ1) is 17.5. The topological polar surface area (TPSA) is 53.9 Å². The van der Waals surface area contributed by atoms with Crippen LogP contribution in [0.25, 0.3) is 0 Å². The van der Waals surface area contributed by atoms with Gasteiger partial charge in [-0.05, 0) is 62.4 Å². The molecule has 2 aromatic rings. The molecule has 0 spiro atoms. The van der Waals surface area contributed by atoms with Gasteiger partial charge in [-0.1, -0.05) is 24.3 Å². The summed E-state index contributed by atoms with van der Waals surface area (Å²) in [6.07, 6.45) is 2.93. The van der Waals surface area contributed by atoms with E-state index in [-0.39, 0.29) is 5.92 Å². The molecule has 2 fully saturated rings. The molecule has 1 N–H and O–H groups in total. The molecule has 1 amide bonds. The van der Waals surface area contributed by atoms with Crippen LogP contribution in [0.2, 0.25) is 0 Å². The average molecular weight is 371 g/mol. The van der Waals surface area contributed by atoms with E-state index in [0.717, 1.165) is 44.7 Å². The van der Waals surface area contributed by atoms with E-state index in [1.165, 1.54) is 11.1 Å². The SMILES string of the molecule is CCn1c(C2CCN(C(=O)[C@H]3C[C@H]3c3ccccc3C)CC2)n[nH]c1=S. The molecular weight excluding hydrogens is 344 g/mol. The second-order valence-electron chi connectivity index (χ2n) is 7.54. The van der Waals surface area contributed by atoms with Crippen molar-refractivity contribution in [3.8, 4) is 0 Å². The zero-order valence-electron chi connectivity index (χ0n) is 15.4. The van der Waals surface area contributed by atoms with E-state index in [0.29, 0.717) is 22.5 Å². The van der Waals surface area contributed by atoms with Crippen molar-refractivity contribution in [1.82, 2.24) is 19.7 Å². The first-order valence-corrected chi connectivity index (χ1v) is 10.0. The highest BCUT2D eigenvalue weighted by Gasteiger charge is 2.46. The van der Waals surface area contributed by atoms with Gasteiger partial charge >= 0.3 is 0 Å². The Kier molecular flexibility index (Phi) is 4.69. The van der Waals surface area contributed by atoms with Gasteiger partial charge in [-0.2, -0.15) is 5.10 Å². The van der Waals surface area contributed by atoms with Gasteiger partial charge in [-0.15, -0.1) is 0 Å². The number of H-pyrrole nitrogens is 1. The Morgan fingerprint density at radius 2 is 2.04 bits per heavy atom. The molecule has 138 valence electrons. The lowest BCUT2D eigenvalue weighted by Gasteiger charge is -2.32. The van der Waals surface area contributed by atoms with Gasteiger partial charge in [0, 0.05) is 31.5 Å². The number of benzene rings is 1. The summed E-state index contributed by atoms with van der Waals surface area (Å²) < 4.78 is 2.77. The maximum absolute atomic E-state index is 12.9. The van der Waals surface area contributed by atoms with Gasteiger partial charge in [0.05, 0.1) is 0 Å². The molecule has 5 nitrogen and oxygen atoms in total. The van der Waals surface area contributed by atoms with E-state index in [9.17, 15) is 4.79 Å². The Balaban J connectivity index is 1.37. The molecule has 4 rings (SSSR count). The number of rotatable bonds is 4. The number of carbonyl (C=O) groups is 1. The molecule has 2 atom stereocenters. The lowest BCUT2D eigenvalue weighted by molar-refractivity contribution is -0.133. The average Bonchev–Trinajstić information content (AvgIpc) is 3.36. The monoisotopic (exact) mass is 370 g/mol. The molecule has 1 aromatic heterocycles. The first-order valence-electron chi connectivity index (χ1n) is 9.59. The van der Waals surface area contributed by atoms with E-state index in [2.05, 4.69) is 57.8 Å². The third-order valence-electron chi connectivity index (χ3n) is 5.97. The zero-order valence-corrected chi connectivity index (χ0v) is 16.3. The maximum Gasteiger partial charge on any atom is 0.226 e. The number of aryl methyl sites for hydroxylation is 1. The normalized spacial score (nSPS) is 23.2.